The van der Waals surface area contributed by atoms with Crippen LogP contribution in [0.15, 0.2) is 76.1 Å². The van der Waals surface area contributed by atoms with Crippen molar-refractivity contribution in [3.05, 3.63) is 88.1 Å². The Kier molecular flexibility index (Phi) is 6.20. The summed E-state index contributed by atoms with van der Waals surface area (Å²) in [4.78, 5) is 28.0. The molecule has 1 aliphatic heterocycles. The van der Waals surface area contributed by atoms with E-state index in [-0.39, 0.29) is 17.3 Å². The molecule has 2 amide bonds. The minimum Gasteiger partial charge on any atom is -0.319 e. The lowest BCUT2D eigenvalue weighted by Gasteiger charge is -2.17. The summed E-state index contributed by atoms with van der Waals surface area (Å²) < 4.78 is 14.7. The molecule has 3 aromatic carbocycles. The largest absolute Gasteiger partial charge is 0.319 e. The quantitative estimate of drug-likeness (QED) is 0.484. The second-order valence-electron chi connectivity index (χ2n) is 6.79. The average Bonchev–Trinajstić information content (AvgIpc) is 3.18. The minimum absolute atomic E-state index is 0.000819. The van der Waals surface area contributed by atoms with E-state index < -0.39 is 11.7 Å². The molecule has 0 bridgehead atoms. The normalized spacial score (nSPS) is 12.5. The summed E-state index contributed by atoms with van der Waals surface area (Å²) >= 11 is 4.51. The van der Waals surface area contributed by atoms with Gasteiger partial charge in [-0.05, 0) is 48.4 Å². The lowest BCUT2D eigenvalue weighted by Crippen LogP contribution is -2.30. The highest BCUT2D eigenvalue weighted by atomic mass is 79.9. The van der Waals surface area contributed by atoms with Crippen molar-refractivity contribution in [3.63, 3.8) is 0 Å². The third-order valence-electron chi connectivity index (χ3n) is 4.85. The van der Waals surface area contributed by atoms with Crippen molar-refractivity contribution in [2.75, 3.05) is 22.5 Å². The van der Waals surface area contributed by atoms with Crippen LogP contribution in [-0.4, -0.2) is 24.1 Å². The molecule has 4 rings (SSSR count). The van der Waals surface area contributed by atoms with Crippen LogP contribution in [0.1, 0.15) is 15.9 Å². The molecule has 1 aliphatic rings. The molecule has 0 spiro atoms. The van der Waals surface area contributed by atoms with Crippen molar-refractivity contribution in [1.29, 1.82) is 0 Å². The molecule has 0 atom stereocenters. The Morgan fingerprint density at radius 3 is 2.67 bits per heavy atom. The Labute approximate surface area is 186 Å². The molecular formula is C23H18BrFN2O2S. The number of thioether (sulfide) groups is 1. The lowest BCUT2D eigenvalue weighted by atomic mass is 10.2. The van der Waals surface area contributed by atoms with E-state index in [1.165, 1.54) is 29.5 Å². The number of para-hydroxylation sites is 1. The number of hydrogen-bond donors (Lipinski definition) is 1. The number of amides is 2. The number of carbonyl (C=O) groups excluding carboxylic acids is 2. The highest BCUT2D eigenvalue weighted by Crippen LogP contribution is 2.30. The standard InChI is InChI=1S/C23H18BrFN2O2S/c24-16-9-10-19(18(25)13-16)26-23(29)17-6-2-4-8-21(17)30-14-22(28)27-12-11-15-5-1-3-7-20(15)27/h1-10,13H,11-12,14H2,(H,26,29). The molecule has 4 nitrogen and oxygen atoms in total. The van der Waals surface area contributed by atoms with Crippen molar-refractivity contribution in [3.8, 4) is 0 Å². The number of fused-ring (bicyclic) bond motifs is 1. The molecule has 3 aromatic rings. The Bertz CT molecular complexity index is 1120. The van der Waals surface area contributed by atoms with Crippen LogP contribution >= 0.6 is 27.7 Å². The van der Waals surface area contributed by atoms with Crippen LogP contribution in [0.5, 0.6) is 0 Å². The van der Waals surface area contributed by atoms with Crippen LogP contribution in [0.3, 0.4) is 0 Å². The summed E-state index contributed by atoms with van der Waals surface area (Å²) in [6.45, 7) is 0.670. The molecular weight excluding hydrogens is 467 g/mol. The fourth-order valence-corrected chi connectivity index (χ4v) is 4.63. The highest BCUT2D eigenvalue weighted by Gasteiger charge is 2.24. The fraction of sp³-hybridized carbons (Fsp3) is 0.130. The van der Waals surface area contributed by atoms with E-state index in [1.54, 1.807) is 29.2 Å². The molecule has 152 valence electrons. The third-order valence-corrected chi connectivity index (χ3v) is 6.40. The molecule has 0 radical (unpaired) electrons. The van der Waals surface area contributed by atoms with Gasteiger partial charge in [0.05, 0.1) is 17.0 Å². The van der Waals surface area contributed by atoms with Crippen molar-refractivity contribution < 1.29 is 14.0 Å². The van der Waals surface area contributed by atoms with E-state index in [2.05, 4.69) is 21.2 Å². The Balaban J connectivity index is 1.46. The van der Waals surface area contributed by atoms with Gasteiger partial charge in [0.15, 0.2) is 0 Å². The zero-order chi connectivity index (χ0) is 21.1. The van der Waals surface area contributed by atoms with Crippen molar-refractivity contribution in [2.45, 2.75) is 11.3 Å². The first kappa shape index (κ1) is 20.6. The average molecular weight is 485 g/mol. The smallest absolute Gasteiger partial charge is 0.256 e. The molecule has 0 saturated heterocycles. The highest BCUT2D eigenvalue weighted by molar-refractivity contribution is 9.10. The summed E-state index contributed by atoms with van der Waals surface area (Å²) in [5.41, 5.74) is 2.64. The van der Waals surface area contributed by atoms with Gasteiger partial charge in [-0.3, -0.25) is 9.59 Å². The number of nitrogens with zero attached hydrogens (tertiary/aromatic N) is 1. The second-order valence-corrected chi connectivity index (χ2v) is 8.72. The van der Waals surface area contributed by atoms with Gasteiger partial charge in [0, 0.05) is 21.6 Å². The zero-order valence-corrected chi connectivity index (χ0v) is 18.3. The fourth-order valence-electron chi connectivity index (χ4n) is 3.38. The predicted molar refractivity (Wildman–Crippen MR) is 122 cm³/mol. The van der Waals surface area contributed by atoms with Crippen LogP contribution in [0.2, 0.25) is 0 Å². The SMILES string of the molecule is O=C(Nc1ccc(Br)cc1F)c1ccccc1SCC(=O)N1CCc2ccccc21. The summed E-state index contributed by atoms with van der Waals surface area (Å²) in [6.07, 6.45) is 0.852. The van der Waals surface area contributed by atoms with E-state index in [0.717, 1.165) is 12.1 Å². The molecule has 7 heteroatoms. The van der Waals surface area contributed by atoms with Gasteiger partial charge in [0.25, 0.3) is 5.91 Å². The molecule has 1 heterocycles. The number of hydrogen-bond acceptors (Lipinski definition) is 3. The summed E-state index contributed by atoms with van der Waals surface area (Å²) in [7, 11) is 0. The van der Waals surface area contributed by atoms with Crippen molar-refractivity contribution >= 4 is 50.9 Å². The van der Waals surface area contributed by atoms with Crippen molar-refractivity contribution in [1.82, 2.24) is 0 Å². The van der Waals surface area contributed by atoms with E-state index in [0.29, 0.717) is 21.5 Å². The van der Waals surface area contributed by atoms with Gasteiger partial charge >= 0.3 is 0 Å². The van der Waals surface area contributed by atoms with Gasteiger partial charge in [-0.15, -0.1) is 11.8 Å². The van der Waals surface area contributed by atoms with E-state index >= 15 is 0 Å². The first-order valence-electron chi connectivity index (χ1n) is 9.39. The van der Waals surface area contributed by atoms with Gasteiger partial charge < -0.3 is 10.2 Å². The van der Waals surface area contributed by atoms with Crippen LogP contribution in [0.4, 0.5) is 15.8 Å². The molecule has 0 saturated carbocycles. The zero-order valence-electron chi connectivity index (χ0n) is 15.9. The predicted octanol–water partition coefficient (Wildman–Crippen LogP) is 5.52. The number of rotatable bonds is 5. The molecule has 0 aromatic heterocycles. The van der Waals surface area contributed by atoms with E-state index in [4.69, 9.17) is 0 Å². The molecule has 0 aliphatic carbocycles. The lowest BCUT2D eigenvalue weighted by molar-refractivity contribution is -0.116. The van der Waals surface area contributed by atoms with E-state index in [1.807, 2.05) is 30.3 Å². The van der Waals surface area contributed by atoms with Gasteiger partial charge in [0.2, 0.25) is 5.91 Å². The topological polar surface area (TPSA) is 49.4 Å². The maximum atomic E-state index is 14.1. The summed E-state index contributed by atoms with van der Waals surface area (Å²) in [6, 6.07) is 19.4. The Morgan fingerprint density at radius 1 is 1.07 bits per heavy atom. The first-order chi connectivity index (χ1) is 14.5. The maximum Gasteiger partial charge on any atom is 0.256 e. The molecule has 0 unspecified atom stereocenters. The summed E-state index contributed by atoms with van der Waals surface area (Å²) in [5, 5.41) is 2.61. The number of anilines is 2. The third kappa shape index (κ3) is 4.42. The van der Waals surface area contributed by atoms with Crippen LogP contribution < -0.4 is 10.2 Å². The Hall–Kier alpha value is -2.64. The molecule has 0 fully saturated rings. The number of benzene rings is 3. The molecule has 30 heavy (non-hydrogen) atoms. The van der Waals surface area contributed by atoms with Crippen LogP contribution in [0, 0.1) is 5.82 Å². The Morgan fingerprint density at radius 2 is 1.83 bits per heavy atom. The number of halogens is 2. The first-order valence-corrected chi connectivity index (χ1v) is 11.2. The van der Waals surface area contributed by atoms with Crippen LogP contribution in [-0.2, 0) is 11.2 Å². The van der Waals surface area contributed by atoms with Gasteiger partial charge in [0.1, 0.15) is 5.82 Å². The van der Waals surface area contributed by atoms with Gasteiger partial charge in [-0.1, -0.05) is 46.3 Å². The van der Waals surface area contributed by atoms with Gasteiger partial charge in [-0.2, -0.15) is 0 Å². The number of nitrogens with one attached hydrogen (secondary N) is 1. The maximum absolute atomic E-state index is 14.1. The second kappa shape index (κ2) is 9.02. The molecule has 1 N–H and O–H groups in total. The summed E-state index contributed by atoms with van der Waals surface area (Å²) in [5.74, 6) is -0.728. The van der Waals surface area contributed by atoms with Crippen LogP contribution in [0.25, 0.3) is 0 Å². The number of carbonyl (C=O) groups is 2. The van der Waals surface area contributed by atoms with E-state index in [9.17, 15) is 14.0 Å². The monoisotopic (exact) mass is 484 g/mol. The van der Waals surface area contributed by atoms with Crippen molar-refractivity contribution in [2.24, 2.45) is 0 Å². The van der Waals surface area contributed by atoms with Gasteiger partial charge in [-0.25, -0.2) is 4.39 Å². The minimum atomic E-state index is -0.522.